The van der Waals surface area contributed by atoms with Crippen molar-refractivity contribution in [3.63, 3.8) is 0 Å². The van der Waals surface area contributed by atoms with Gasteiger partial charge in [-0.1, -0.05) is 11.6 Å². The van der Waals surface area contributed by atoms with Crippen molar-refractivity contribution in [2.45, 2.75) is 26.5 Å². The maximum atomic E-state index is 11.6. The topological polar surface area (TPSA) is 44.1 Å². The Morgan fingerprint density at radius 2 is 2.33 bits per heavy atom. The van der Waals surface area contributed by atoms with Gasteiger partial charge < -0.3 is 4.74 Å². The van der Waals surface area contributed by atoms with E-state index in [1.54, 1.807) is 0 Å². The summed E-state index contributed by atoms with van der Waals surface area (Å²) in [6.07, 6.45) is 1.61. The highest BCUT2D eigenvalue weighted by Crippen LogP contribution is 2.09. The minimum atomic E-state index is -0.122. The molecule has 0 N–H and O–H groups in total. The zero-order valence-corrected chi connectivity index (χ0v) is 11.4. The Balaban J connectivity index is 2.71. The van der Waals surface area contributed by atoms with Crippen molar-refractivity contribution in [2.24, 2.45) is 0 Å². The van der Waals surface area contributed by atoms with Crippen molar-refractivity contribution >= 4 is 34.2 Å². The van der Waals surface area contributed by atoms with Crippen molar-refractivity contribution in [1.29, 1.82) is 0 Å². The molecule has 0 unspecified atom stereocenters. The molecule has 0 atom stereocenters. The van der Waals surface area contributed by atoms with Crippen molar-refractivity contribution in [2.75, 3.05) is 6.61 Å². The summed E-state index contributed by atoms with van der Waals surface area (Å²) in [5.74, 6) is 0. The highest BCUT2D eigenvalue weighted by molar-refractivity contribution is 14.1. The van der Waals surface area contributed by atoms with E-state index >= 15 is 0 Å². The molecule has 15 heavy (non-hydrogen) atoms. The van der Waals surface area contributed by atoms with Crippen LogP contribution in [0.15, 0.2) is 11.1 Å². The fraction of sp³-hybridized carbons (Fsp3) is 0.556. The molecule has 0 amide bonds. The lowest BCUT2D eigenvalue weighted by Gasteiger charge is -2.09. The number of nitrogens with zero attached hydrogens (tertiary/aromatic N) is 2. The number of rotatable bonds is 4. The molecule has 4 nitrogen and oxygen atoms in total. The number of halogens is 2. The van der Waals surface area contributed by atoms with E-state index in [-0.39, 0.29) is 16.8 Å². The lowest BCUT2D eigenvalue weighted by Crippen LogP contribution is -2.25. The first-order valence-corrected chi connectivity index (χ1v) is 6.00. The molecule has 0 fully saturated rings. The van der Waals surface area contributed by atoms with Crippen LogP contribution in [-0.4, -0.2) is 22.3 Å². The number of hydrogen-bond donors (Lipinski definition) is 0. The monoisotopic (exact) mass is 342 g/mol. The lowest BCUT2D eigenvalue weighted by atomic mass is 10.5. The Morgan fingerprint density at radius 1 is 1.67 bits per heavy atom. The Kier molecular flexibility index (Phi) is 5.01. The van der Waals surface area contributed by atoms with Gasteiger partial charge in [-0.25, -0.2) is 4.98 Å². The summed E-state index contributed by atoms with van der Waals surface area (Å²) in [7, 11) is 0. The standard InChI is InChI=1S/C9H12ClIN2O2/c1-6(2)15-4-3-13-5-12-8(10)7(11)9(13)14/h5-6H,3-4H2,1-2H3. The first-order valence-electron chi connectivity index (χ1n) is 4.54. The minimum absolute atomic E-state index is 0.122. The van der Waals surface area contributed by atoms with Crippen LogP contribution in [0.3, 0.4) is 0 Å². The van der Waals surface area contributed by atoms with E-state index in [4.69, 9.17) is 16.3 Å². The van der Waals surface area contributed by atoms with Crippen LogP contribution in [0.4, 0.5) is 0 Å². The maximum Gasteiger partial charge on any atom is 0.268 e. The van der Waals surface area contributed by atoms with E-state index in [9.17, 15) is 4.79 Å². The first-order chi connectivity index (χ1) is 7.02. The molecule has 1 aromatic rings. The van der Waals surface area contributed by atoms with Gasteiger partial charge in [-0.3, -0.25) is 9.36 Å². The molecule has 0 aromatic carbocycles. The van der Waals surface area contributed by atoms with Crippen LogP contribution in [0.25, 0.3) is 0 Å². The fourth-order valence-corrected chi connectivity index (χ4v) is 1.56. The van der Waals surface area contributed by atoms with Gasteiger partial charge in [0.05, 0.1) is 25.6 Å². The third-order valence-corrected chi connectivity index (χ3v) is 3.30. The molecule has 0 spiro atoms. The average molecular weight is 343 g/mol. The molecular weight excluding hydrogens is 330 g/mol. The number of aromatic nitrogens is 2. The summed E-state index contributed by atoms with van der Waals surface area (Å²) in [6, 6.07) is 0. The van der Waals surface area contributed by atoms with Gasteiger partial charge >= 0.3 is 0 Å². The van der Waals surface area contributed by atoms with Crippen LogP contribution in [0, 0.1) is 3.57 Å². The summed E-state index contributed by atoms with van der Waals surface area (Å²) in [6.45, 7) is 4.90. The Hall–Kier alpha value is -0.140. The fourth-order valence-electron chi connectivity index (χ4n) is 0.990. The lowest BCUT2D eigenvalue weighted by molar-refractivity contribution is 0.0720. The van der Waals surface area contributed by atoms with Crippen molar-refractivity contribution < 1.29 is 4.74 Å². The highest BCUT2D eigenvalue weighted by Gasteiger charge is 2.06. The van der Waals surface area contributed by atoms with Crippen LogP contribution in [0.2, 0.25) is 5.15 Å². The molecule has 0 aliphatic carbocycles. The maximum absolute atomic E-state index is 11.6. The van der Waals surface area contributed by atoms with E-state index < -0.39 is 0 Å². The Bertz CT molecular complexity index is 392. The summed E-state index contributed by atoms with van der Waals surface area (Å²) in [4.78, 5) is 15.5. The second kappa shape index (κ2) is 5.81. The summed E-state index contributed by atoms with van der Waals surface area (Å²) < 4.78 is 7.29. The molecule has 84 valence electrons. The molecule has 0 bridgehead atoms. The average Bonchev–Trinajstić information content (AvgIpc) is 2.18. The molecule has 0 saturated carbocycles. The second-order valence-electron chi connectivity index (χ2n) is 3.27. The molecule has 0 radical (unpaired) electrons. The van der Waals surface area contributed by atoms with E-state index in [0.29, 0.717) is 16.7 Å². The molecule has 0 saturated heterocycles. The molecule has 1 heterocycles. The predicted octanol–water partition coefficient (Wildman–Crippen LogP) is 1.93. The van der Waals surface area contributed by atoms with Gasteiger partial charge in [0.25, 0.3) is 5.56 Å². The second-order valence-corrected chi connectivity index (χ2v) is 4.70. The van der Waals surface area contributed by atoms with Gasteiger partial charge in [0.1, 0.15) is 8.72 Å². The quantitative estimate of drug-likeness (QED) is 0.620. The smallest absolute Gasteiger partial charge is 0.268 e. The zero-order chi connectivity index (χ0) is 11.4. The molecule has 6 heteroatoms. The van der Waals surface area contributed by atoms with Crippen molar-refractivity contribution in [3.8, 4) is 0 Å². The Morgan fingerprint density at radius 3 is 2.93 bits per heavy atom. The highest BCUT2D eigenvalue weighted by atomic mass is 127. The summed E-state index contributed by atoms with van der Waals surface area (Å²) in [5, 5.41) is 0.252. The zero-order valence-electron chi connectivity index (χ0n) is 8.54. The first kappa shape index (κ1) is 12.9. The minimum Gasteiger partial charge on any atom is -0.377 e. The third-order valence-electron chi connectivity index (χ3n) is 1.72. The molecule has 0 aliphatic heterocycles. The Labute approximate surface area is 107 Å². The molecular formula is C9H12ClIN2O2. The number of hydrogen-bond acceptors (Lipinski definition) is 3. The largest absolute Gasteiger partial charge is 0.377 e. The van der Waals surface area contributed by atoms with E-state index in [1.807, 2.05) is 36.4 Å². The van der Waals surface area contributed by atoms with Gasteiger partial charge in [-0.15, -0.1) is 0 Å². The summed E-state index contributed by atoms with van der Waals surface area (Å²) in [5.41, 5.74) is -0.122. The number of ether oxygens (including phenoxy) is 1. The van der Waals surface area contributed by atoms with E-state index in [2.05, 4.69) is 4.98 Å². The molecule has 0 aliphatic rings. The van der Waals surface area contributed by atoms with Gasteiger partial charge in [0, 0.05) is 0 Å². The van der Waals surface area contributed by atoms with Gasteiger partial charge in [-0.05, 0) is 36.4 Å². The molecule has 1 rings (SSSR count). The van der Waals surface area contributed by atoms with Crippen LogP contribution in [0.5, 0.6) is 0 Å². The SMILES string of the molecule is CC(C)OCCn1cnc(Cl)c(I)c1=O. The van der Waals surface area contributed by atoms with Crippen LogP contribution in [-0.2, 0) is 11.3 Å². The van der Waals surface area contributed by atoms with E-state index in [0.717, 1.165) is 0 Å². The summed E-state index contributed by atoms with van der Waals surface area (Å²) >= 11 is 7.60. The molecule has 1 aromatic heterocycles. The van der Waals surface area contributed by atoms with Gasteiger partial charge in [0.2, 0.25) is 0 Å². The normalized spacial score (nSPS) is 11.0. The van der Waals surface area contributed by atoms with Crippen molar-refractivity contribution in [1.82, 2.24) is 9.55 Å². The third kappa shape index (κ3) is 3.73. The van der Waals surface area contributed by atoms with Crippen LogP contribution in [0.1, 0.15) is 13.8 Å². The predicted molar refractivity (Wildman–Crippen MR) is 67.3 cm³/mol. The van der Waals surface area contributed by atoms with Crippen LogP contribution < -0.4 is 5.56 Å². The van der Waals surface area contributed by atoms with Gasteiger partial charge in [-0.2, -0.15) is 0 Å². The van der Waals surface area contributed by atoms with E-state index in [1.165, 1.54) is 10.9 Å². The van der Waals surface area contributed by atoms with Crippen LogP contribution >= 0.6 is 34.2 Å². The van der Waals surface area contributed by atoms with Crippen molar-refractivity contribution in [3.05, 3.63) is 25.4 Å². The van der Waals surface area contributed by atoms with Gasteiger partial charge in [0.15, 0.2) is 0 Å².